The van der Waals surface area contributed by atoms with E-state index in [1.807, 2.05) is 36.4 Å². The molecular weight excluding hydrogens is 542 g/mol. The van der Waals surface area contributed by atoms with Crippen LogP contribution in [0.4, 0.5) is 10.7 Å². The SMILES string of the molecule is CC(C)(C)C1CCc2c(sc(NC(=O)C(Sc3cccc(NC(=O)CCC(=O)O)c3)c3ccccc3)c2C#N)C1. The van der Waals surface area contributed by atoms with E-state index in [-0.39, 0.29) is 30.1 Å². The Hall–Kier alpha value is -3.61. The second-order valence-corrected chi connectivity index (χ2v) is 13.3. The van der Waals surface area contributed by atoms with Gasteiger partial charge >= 0.3 is 5.97 Å². The highest BCUT2D eigenvalue weighted by atomic mass is 32.2. The Morgan fingerprint density at radius 3 is 2.52 bits per heavy atom. The van der Waals surface area contributed by atoms with Crippen LogP contribution in [0.1, 0.15) is 66.9 Å². The number of nitriles is 1. The lowest BCUT2D eigenvalue weighted by atomic mass is 9.72. The number of anilines is 2. The van der Waals surface area contributed by atoms with E-state index >= 15 is 0 Å². The average Bonchev–Trinajstić information content (AvgIpc) is 3.26. The van der Waals surface area contributed by atoms with E-state index in [2.05, 4.69) is 37.5 Å². The number of hydrogen-bond donors (Lipinski definition) is 3. The number of nitrogens with one attached hydrogen (secondary N) is 2. The monoisotopic (exact) mass is 575 g/mol. The molecule has 3 aromatic rings. The topological polar surface area (TPSA) is 119 Å². The van der Waals surface area contributed by atoms with Gasteiger partial charge in [-0.15, -0.1) is 23.1 Å². The van der Waals surface area contributed by atoms with Gasteiger partial charge in [0.05, 0.1) is 12.0 Å². The van der Waals surface area contributed by atoms with Gasteiger partial charge in [-0.1, -0.05) is 57.2 Å². The first kappa shape index (κ1) is 29.4. The molecule has 1 aromatic heterocycles. The van der Waals surface area contributed by atoms with Crippen molar-refractivity contribution in [1.82, 2.24) is 0 Å². The maximum Gasteiger partial charge on any atom is 0.303 e. The molecule has 4 rings (SSSR count). The van der Waals surface area contributed by atoms with Crippen molar-refractivity contribution in [2.45, 2.75) is 63.0 Å². The van der Waals surface area contributed by atoms with Crippen LogP contribution >= 0.6 is 23.1 Å². The Balaban J connectivity index is 1.56. The number of nitrogens with zero attached hydrogens (tertiary/aromatic N) is 1. The van der Waals surface area contributed by atoms with Crippen LogP contribution < -0.4 is 10.6 Å². The third kappa shape index (κ3) is 7.32. The van der Waals surface area contributed by atoms with Gasteiger partial charge in [0.15, 0.2) is 0 Å². The van der Waals surface area contributed by atoms with Crippen LogP contribution in [0.5, 0.6) is 0 Å². The number of benzene rings is 2. The number of thioether (sulfide) groups is 1. The summed E-state index contributed by atoms with van der Waals surface area (Å²) in [7, 11) is 0. The molecule has 2 unspecified atom stereocenters. The molecule has 1 aliphatic carbocycles. The molecule has 3 N–H and O–H groups in total. The molecule has 0 saturated carbocycles. The molecule has 1 heterocycles. The third-order valence-corrected chi connectivity index (χ3v) is 9.53. The van der Waals surface area contributed by atoms with E-state index in [9.17, 15) is 19.6 Å². The second kappa shape index (κ2) is 12.7. The Bertz CT molecular complexity index is 1440. The molecule has 0 spiro atoms. The van der Waals surface area contributed by atoms with E-state index in [4.69, 9.17) is 5.11 Å². The number of carbonyl (C=O) groups excluding carboxylic acids is 2. The van der Waals surface area contributed by atoms with E-state index < -0.39 is 11.2 Å². The number of rotatable bonds is 9. The van der Waals surface area contributed by atoms with E-state index in [1.165, 1.54) is 28.0 Å². The van der Waals surface area contributed by atoms with Gasteiger partial charge in [-0.2, -0.15) is 5.26 Å². The maximum atomic E-state index is 13.8. The summed E-state index contributed by atoms with van der Waals surface area (Å²) in [6, 6.07) is 18.9. The summed E-state index contributed by atoms with van der Waals surface area (Å²) in [5.74, 6) is -1.12. The zero-order chi connectivity index (χ0) is 28.9. The zero-order valence-corrected chi connectivity index (χ0v) is 24.5. The Kier molecular flexibility index (Phi) is 9.33. The fourth-order valence-electron chi connectivity index (χ4n) is 4.84. The molecule has 0 aliphatic heterocycles. The second-order valence-electron chi connectivity index (χ2n) is 11.0. The fourth-order valence-corrected chi connectivity index (χ4v) is 7.20. The van der Waals surface area contributed by atoms with Crippen molar-refractivity contribution in [3.05, 3.63) is 76.2 Å². The number of fused-ring (bicyclic) bond motifs is 1. The fraction of sp³-hybridized carbons (Fsp3) is 0.355. The number of amides is 2. The molecule has 208 valence electrons. The first-order valence-corrected chi connectivity index (χ1v) is 14.9. The van der Waals surface area contributed by atoms with Crippen molar-refractivity contribution in [2.24, 2.45) is 11.3 Å². The van der Waals surface area contributed by atoms with Gasteiger partial charge in [0, 0.05) is 21.9 Å². The van der Waals surface area contributed by atoms with Crippen LogP contribution in [0.3, 0.4) is 0 Å². The summed E-state index contributed by atoms with van der Waals surface area (Å²) < 4.78 is 0. The van der Waals surface area contributed by atoms with Gasteiger partial charge in [-0.3, -0.25) is 14.4 Å². The number of carbonyl (C=O) groups is 3. The molecule has 40 heavy (non-hydrogen) atoms. The zero-order valence-electron chi connectivity index (χ0n) is 22.8. The van der Waals surface area contributed by atoms with E-state index in [1.54, 1.807) is 18.2 Å². The van der Waals surface area contributed by atoms with Gasteiger partial charge in [-0.05, 0) is 59.9 Å². The lowest BCUT2D eigenvalue weighted by Gasteiger charge is -2.33. The van der Waals surface area contributed by atoms with Crippen molar-refractivity contribution in [3.8, 4) is 6.07 Å². The van der Waals surface area contributed by atoms with Crippen molar-refractivity contribution in [1.29, 1.82) is 5.26 Å². The number of thiophene rings is 1. The maximum absolute atomic E-state index is 13.8. The molecule has 0 fully saturated rings. The Morgan fingerprint density at radius 1 is 1.10 bits per heavy atom. The van der Waals surface area contributed by atoms with Crippen molar-refractivity contribution in [2.75, 3.05) is 10.6 Å². The van der Waals surface area contributed by atoms with Gasteiger partial charge in [0.2, 0.25) is 11.8 Å². The Labute approximate surface area is 243 Å². The molecule has 1 aliphatic rings. The van der Waals surface area contributed by atoms with Gasteiger partial charge in [0.25, 0.3) is 0 Å². The molecule has 0 saturated heterocycles. The smallest absolute Gasteiger partial charge is 0.303 e. The van der Waals surface area contributed by atoms with E-state index in [0.29, 0.717) is 22.2 Å². The van der Waals surface area contributed by atoms with Crippen molar-refractivity contribution < 1.29 is 19.5 Å². The van der Waals surface area contributed by atoms with Crippen LogP contribution in [0.25, 0.3) is 0 Å². The van der Waals surface area contributed by atoms with Gasteiger partial charge in [-0.25, -0.2) is 0 Å². The summed E-state index contributed by atoms with van der Waals surface area (Å²) >= 11 is 2.86. The van der Waals surface area contributed by atoms with Crippen LogP contribution in [-0.4, -0.2) is 22.9 Å². The largest absolute Gasteiger partial charge is 0.481 e. The van der Waals surface area contributed by atoms with Gasteiger partial charge < -0.3 is 15.7 Å². The predicted octanol–water partition coefficient (Wildman–Crippen LogP) is 7.05. The third-order valence-electron chi connectivity index (χ3n) is 7.12. The molecule has 9 heteroatoms. The van der Waals surface area contributed by atoms with Crippen LogP contribution in [-0.2, 0) is 27.2 Å². The van der Waals surface area contributed by atoms with Gasteiger partial charge in [0.1, 0.15) is 16.3 Å². The average molecular weight is 576 g/mol. The van der Waals surface area contributed by atoms with Crippen LogP contribution in [0.15, 0.2) is 59.5 Å². The summed E-state index contributed by atoms with van der Waals surface area (Å²) in [6.45, 7) is 6.76. The lowest BCUT2D eigenvalue weighted by Crippen LogP contribution is -2.26. The number of carboxylic acids is 1. The number of aliphatic carboxylic acids is 1. The summed E-state index contributed by atoms with van der Waals surface area (Å²) in [5.41, 5.74) is 3.16. The highest BCUT2D eigenvalue weighted by Crippen LogP contribution is 2.45. The van der Waals surface area contributed by atoms with E-state index in [0.717, 1.165) is 35.3 Å². The molecule has 2 amide bonds. The summed E-state index contributed by atoms with van der Waals surface area (Å²) in [5, 5.41) is 24.6. The number of hydrogen-bond acceptors (Lipinski definition) is 6. The molecule has 2 aromatic carbocycles. The molecule has 0 bridgehead atoms. The Morgan fingerprint density at radius 2 is 1.85 bits per heavy atom. The molecule has 7 nitrogen and oxygen atoms in total. The predicted molar refractivity (Wildman–Crippen MR) is 160 cm³/mol. The first-order valence-electron chi connectivity index (χ1n) is 13.2. The first-order chi connectivity index (χ1) is 19.0. The minimum atomic E-state index is -1.03. The van der Waals surface area contributed by atoms with Crippen molar-refractivity contribution >= 4 is 51.6 Å². The summed E-state index contributed by atoms with van der Waals surface area (Å²) in [6.07, 6.45) is 2.42. The highest BCUT2D eigenvalue weighted by Gasteiger charge is 2.33. The number of carboxylic acid groups (broad SMARTS) is 1. The molecular formula is C31H33N3O4S2. The standard InChI is InChI=1S/C31H33N3O4S2/c1-31(2,3)20-12-13-23-24(18-32)30(40-25(23)16-20)34-29(38)28(19-8-5-4-6-9-19)39-22-11-7-10-21(17-22)33-26(35)14-15-27(36)37/h4-11,17,20,28H,12-16H2,1-3H3,(H,33,35)(H,34,38)(H,36,37). The minimum Gasteiger partial charge on any atom is -0.481 e. The minimum absolute atomic E-state index is 0.121. The normalized spacial score (nSPS) is 15.4. The lowest BCUT2D eigenvalue weighted by molar-refractivity contribution is -0.138. The van der Waals surface area contributed by atoms with Crippen molar-refractivity contribution in [3.63, 3.8) is 0 Å². The van der Waals surface area contributed by atoms with Crippen LogP contribution in [0.2, 0.25) is 0 Å². The molecule has 2 atom stereocenters. The quantitative estimate of drug-likeness (QED) is 0.235. The van der Waals surface area contributed by atoms with Crippen LogP contribution in [0, 0.1) is 22.7 Å². The summed E-state index contributed by atoms with van der Waals surface area (Å²) in [4.78, 5) is 38.6. The highest BCUT2D eigenvalue weighted by molar-refractivity contribution is 8.00. The molecule has 0 radical (unpaired) electrons.